The molecule has 1 rings (SSSR count). The van der Waals surface area contributed by atoms with Crippen molar-refractivity contribution in [2.24, 2.45) is 5.73 Å². The number of ether oxygens (including phenoxy) is 1. The summed E-state index contributed by atoms with van der Waals surface area (Å²) in [6.07, 6.45) is 1.45. The minimum Gasteiger partial charge on any atom is -0.453 e. The molecule has 1 amide bonds. The summed E-state index contributed by atoms with van der Waals surface area (Å²) in [4.78, 5) is 12.7. The summed E-state index contributed by atoms with van der Waals surface area (Å²) in [6.45, 7) is 3.43. The molecule has 0 spiro atoms. The van der Waals surface area contributed by atoms with Gasteiger partial charge in [0.1, 0.15) is 0 Å². The van der Waals surface area contributed by atoms with Gasteiger partial charge in [-0.05, 0) is 19.8 Å². The van der Waals surface area contributed by atoms with Crippen molar-refractivity contribution in [3.63, 3.8) is 0 Å². The average molecular weight is 172 g/mol. The van der Waals surface area contributed by atoms with Crippen LogP contribution in [-0.4, -0.2) is 36.7 Å². The molecule has 0 aliphatic carbocycles. The molecule has 0 bridgehead atoms. The molecule has 0 saturated carbocycles. The molecule has 1 aliphatic heterocycles. The SMILES string of the molecule is COC(=O)N1CCC(C)(N)CC1. The van der Waals surface area contributed by atoms with E-state index in [0.717, 1.165) is 12.8 Å². The van der Waals surface area contributed by atoms with Gasteiger partial charge in [0.2, 0.25) is 0 Å². The Kier molecular flexibility index (Phi) is 2.57. The third kappa shape index (κ3) is 2.11. The maximum Gasteiger partial charge on any atom is 0.409 e. The summed E-state index contributed by atoms with van der Waals surface area (Å²) in [5, 5.41) is 0. The molecule has 1 saturated heterocycles. The minimum absolute atomic E-state index is 0.107. The third-order valence-electron chi connectivity index (χ3n) is 2.34. The highest BCUT2D eigenvalue weighted by Crippen LogP contribution is 2.18. The zero-order chi connectivity index (χ0) is 9.19. The molecule has 1 aliphatic rings. The van der Waals surface area contributed by atoms with Gasteiger partial charge in [0, 0.05) is 18.6 Å². The summed E-state index contributed by atoms with van der Waals surface area (Å²) < 4.78 is 4.60. The van der Waals surface area contributed by atoms with Gasteiger partial charge in [-0.1, -0.05) is 0 Å². The number of hydrogen-bond donors (Lipinski definition) is 1. The molecule has 0 aromatic rings. The van der Waals surface area contributed by atoms with E-state index in [2.05, 4.69) is 4.74 Å². The van der Waals surface area contributed by atoms with Crippen LogP contribution in [0.15, 0.2) is 0 Å². The monoisotopic (exact) mass is 172 g/mol. The van der Waals surface area contributed by atoms with Gasteiger partial charge < -0.3 is 15.4 Å². The minimum atomic E-state index is -0.245. The number of hydrogen-bond acceptors (Lipinski definition) is 3. The van der Waals surface area contributed by atoms with Gasteiger partial charge in [0.25, 0.3) is 0 Å². The zero-order valence-corrected chi connectivity index (χ0v) is 7.67. The van der Waals surface area contributed by atoms with Gasteiger partial charge in [-0.15, -0.1) is 0 Å². The van der Waals surface area contributed by atoms with E-state index >= 15 is 0 Å². The topological polar surface area (TPSA) is 55.6 Å². The van der Waals surface area contributed by atoms with Crippen LogP contribution in [0.4, 0.5) is 4.79 Å². The van der Waals surface area contributed by atoms with Crippen LogP contribution in [0.1, 0.15) is 19.8 Å². The molecule has 0 radical (unpaired) electrons. The quantitative estimate of drug-likeness (QED) is 0.581. The number of amides is 1. The van der Waals surface area contributed by atoms with Gasteiger partial charge in [-0.25, -0.2) is 4.79 Å². The van der Waals surface area contributed by atoms with Crippen LogP contribution < -0.4 is 5.73 Å². The first-order chi connectivity index (χ1) is 5.55. The third-order valence-corrected chi connectivity index (χ3v) is 2.34. The highest BCUT2D eigenvalue weighted by atomic mass is 16.5. The first-order valence-electron chi connectivity index (χ1n) is 4.17. The van der Waals surface area contributed by atoms with Crippen LogP contribution in [0.2, 0.25) is 0 Å². The first-order valence-corrected chi connectivity index (χ1v) is 4.17. The van der Waals surface area contributed by atoms with Crippen LogP contribution >= 0.6 is 0 Å². The van der Waals surface area contributed by atoms with Crippen molar-refractivity contribution in [2.45, 2.75) is 25.3 Å². The van der Waals surface area contributed by atoms with E-state index in [1.165, 1.54) is 7.11 Å². The van der Waals surface area contributed by atoms with E-state index in [1.54, 1.807) is 4.90 Å². The predicted molar refractivity (Wildman–Crippen MR) is 45.8 cm³/mol. The van der Waals surface area contributed by atoms with E-state index in [1.807, 2.05) is 6.92 Å². The van der Waals surface area contributed by atoms with Crippen molar-refractivity contribution in [1.82, 2.24) is 4.90 Å². The van der Waals surface area contributed by atoms with Crippen LogP contribution in [-0.2, 0) is 4.74 Å². The molecule has 2 N–H and O–H groups in total. The van der Waals surface area contributed by atoms with Crippen LogP contribution in [0.5, 0.6) is 0 Å². The van der Waals surface area contributed by atoms with E-state index < -0.39 is 0 Å². The second kappa shape index (κ2) is 3.31. The lowest BCUT2D eigenvalue weighted by Gasteiger charge is -2.35. The van der Waals surface area contributed by atoms with Gasteiger partial charge in [-0.3, -0.25) is 0 Å². The van der Waals surface area contributed by atoms with Crippen LogP contribution in [0.3, 0.4) is 0 Å². The number of nitrogens with zero attached hydrogens (tertiary/aromatic N) is 1. The average Bonchev–Trinajstić information content (AvgIpc) is 2.03. The first kappa shape index (κ1) is 9.32. The summed E-state index contributed by atoms with van der Waals surface area (Å²) in [5.41, 5.74) is 5.80. The van der Waals surface area contributed by atoms with E-state index in [9.17, 15) is 4.79 Å². The van der Waals surface area contributed by atoms with Crippen molar-refractivity contribution in [3.05, 3.63) is 0 Å². The molecule has 0 unspecified atom stereocenters. The Morgan fingerprint density at radius 3 is 2.42 bits per heavy atom. The highest BCUT2D eigenvalue weighted by molar-refractivity contribution is 5.67. The molecule has 0 atom stereocenters. The van der Waals surface area contributed by atoms with Crippen LogP contribution in [0.25, 0.3) is 0 Å². The molecule has 1 heterocycles. The fourth-order valence-corrected chi connectivity index (χ4v) is 1.33. The molecule has 70 valence electrons. The second-order valence-electron chi connectivity index (χ2n) is 3.61. The van der Waals surface area contributed by atoms with Gasteiger partial charge in [0.15, 0.2) is 0 Å². The molecule has 12 heavy (non-hydrogen) atoms. The Balaban J connectivity index is 2.41. The molecule has 1 fully saturated rings. The van der Waals surface area contributed by atoms with Crippen molar-refractivity contribution in [2.75, 3.05) is 20.2 Å². The standard InChI is InChI=1S/C8H16N2O2/c1-8(9)3-5-10(6-4-8)7(11)12-2/h3-6,9H2,1-2H3. The Hall–Kier alpha value is -0.770. The number of carbonyl (C=O) groups excluding carboxylic acids is 1. The van der Waals surface area contributed by atoms with Gasteiger partial charge in [0.05, 0.1) is 7.11 Å². The molecule has 0 aromatic heterocycles. The zero-order valence-electron chi connectivity index (χ0n) is 7.67. The van der Waals surface area contributed by atoms with Gasteiger partial charge >= 0.3 is 6.09 Å². The molecular weight excluding hydrogens is 156 g/mol. The lowest BCUT2D eigenvalue weighted by atomic mass is 9.91. The molecule has 4 heteroatoms. The maximum atomic E-state index is 11.0. The summed E-state index contributed by atoms with van der Waals surface area (Å²) in [7, 11) is 1.40. The second-order valence-corrected chi connectivity index (χ2v) is 3.61. The van der Waals surface area contributed by atoms with E-state index in [0.29, 0.717) is 13.1 Å². The summed E-state index contributed by atoms with van der Waals surface area (Å²) in [5.74, 6) is 0. The highest BCUT2D eigenvalue weighted by Gasteiger charge is 2.28. The number of methoxy groups -OCH3 is 1. The van der Waals surface area contributed by atoms with Crippen molar-refractivity contribution in [3.8, 4) is 0 Å². The normalized spacial score (nSPS) is 22.1. The lowest BCUT2D eigenvalue weighted by Crippen LogP contribution is -2.49. The summed E-state index contributed by atoms with van der Waals surface area (Å²) >= 11 is 0. The van der Waals surface area contributed by atoms with Crippen molar-refractivity contribution >= 4 is 6.09 Å². The Morgan fingerprint density at radius 2 is 2.00 bits per heavy atom. The number of nitrogens with two attached hydrogens (primary N) is 1. The maximum absolute atomic E-state index is 11.0. The van der Waals surface area contributed by atoms with E-state index in [-0.39, 0.29) is 11.6 Å². The van der Waals surface area contributed by atoms with Crippen LogP contribution in [0, 0.1) is 0 Å². The van der Waals surface area contributed by atoms with Gasteiger partial charge in [-0.2, -0.15) is 0 Å². The molecule has 4 nitrogen and oxygen atoms in total. The number of carbonyl (C=O) groups is 1. The molecule has 0 aromatic carbocycles. The Bertz CT molecular complexity index is 170. The summed E-state index contributed by atoms with van der Waals surface area (Å²) in [6, 6.07) is 0. The predicted octanol–water partition coefficient (Wildman–Crippen LogP) is 0.566. The number of likely N-dealkylation sites (tertiary alicyclic amines) is 1. The lowest BCUT2D eigenvalue weighted by molar-refractivity contribution is 0.103. The molecular formula is C8H16N2O2. The van der Waals surface area contributed by atoms with Crippen molar-refractivity contribution in [1.29, 1.82) is 0 Å². The number of rotatable bonds is 0. The van der Waals surface area contributed by atoms with Crippen molar-refractivity contribution < 1.29 is 9.53 Å². The van der Waals surface area contributed by atoms with E-state index in [4.69, 9.17) is 5.73 Å². The Morgan fingerprint density at radius 1 is 1.50 bits per heavy atom. The number of piperidine rings is 1. The largest absolute Gasteiger partial charge is 0.453 e. The fourth-order valence-electron chi connectivity index (χ4n) is 1.33. The Labute approximate surface area is 72.7 Å². The smallest absolute Gasteiger partial charge is 0.409 e. The fraction of sp³-hybridized carbons (Fsp3) is 0.875.